The molecular formula is C6H12N2O2. The van der Waals surface area contributed by atoms with Crippen LogP contribution < -0.4 is 5.73 Å². The summed E-state index contributed by atoms with van der Waals surface area (Å²) < 4.78 is 5.09. The maximum absolute atomic E-state index is 10.6. The van der Waals surface area contributed by atoms with Gasteiger partial charge in [-0.05, 0) is 7.05 Å². The Balaban J connectivity index is 2.39. The Bertz CT molecular complexity index is 138. The van der Waals surface area contributed by atoms with Gasteiger partial charge in [-0.25, -0.2) is 0 Å². The maximum atomic E-state index is 10.6. The van der Waals surface area contributed by atoms with Crippen molar-refractivity contribution >= 4 is 5.91 Å². The second kappa shape index (κ2) is 2.98. The van der Waals surface area contributed by atoms with E-state index in [1.54, 1.807) is 0 Å². The van der Waals surface area contributed by atoms with Crippen molar-refractivity contribution in [3.63, 3.8) is 0 Å². The van der Waals surface area contributed by atoms with Gasteiger partial charge in [-0.15, -0.1) is 0 Å². The number of likely N-dealkylation sites (N-methyl/N-ethyl adjacent to an activating group) is 1. The summed E-state index contributed by atoms with van der Waals surface area (Å²) in [6, 6.07) is 0. The van der Waals surface area contributed by atoms with Crippen LogP contribution in [0.4, 0.5) is 0 Å². The minimum Gasteiger partial charge on any atom is -0.367 e. The largest absolute Gasteiger partial charge is 0.367 e. The highest BCUT2D eigenvalue weighted by atomic mass is 16.5. The first-order chi connectivity index (χ1) is 4.70. The molecule has 0 unspecified atom stereocenters. The summed E-state index contributed by atoms with van der Waals surface area (Å²) in [4.78, 5) is 12.6. The van der Waals surface area contributed by atoms with Crippen LogP contribution in [0.1, 0.15) is 0 Å². The molecule has 1 amide bonds. The molecule has 1 heterocycles. The van der Waals surface area contributed by atoms with Crippen molar-refractivity contribution < 1.29 is 9.53 Å². The Morgan fingerprint density at radius 2 is 2.50 bits per heavy atom. The number of ether oxygens (including phenoxy) is 1. The predicted octanol–water partition coefficient (Wildman–Crippen LogP) is -1.20. The Labute approximate surface area is 59.9 Å². The lowest BCUT2D eigenvalue weighted by molar-refractivity contribution is -0.134. The van der Waals surface area contributed by atoms with Gasteiger partial charge in [-0.3, -0.25) is 4.79 Å². The van der Waals surface area contributed by atoms with Gasteiger partial charge in [-0.2, -0.15) is 0 Å². The van der Waals surface area contributed by atoms with Crippen molar-refractivity contribution in [2.75, 3.05) is 26.7 Å². The van der Waals surface area contributed by atoms with E-state index in [9.17, 15) is 4.79 Å². The summed E-state index contributed by atoms with van der Waals surface area (Å²) in [6.45, 7) is 2.10. The Morgan fingerprint density at radius 1 is 1.80 bits per heavy atom. The van der Waals surface area contributed by atoms with E-state index in [0.717, 1.165) is 6.54 Å². The molecule has 0 aromatic heterocycles. The van der Waals surface area contributed by atoms with Crippen LogP contribution in [0.2, 0.25) is 0 Å². The van der Waals surface area contributed by atoms with E-state index in [2.05, 4.69) is 0 Å². The normalized spacial score (nSPS) is 28.3. The summed E-state index contributed by atoms with van der Waals surface area (Å²) in [5, 5.41) is 0. The predicted molar refractivity (Wildman–Crippen MR) is 36.4 cm³/mol. The van der Waals surface area contributed by atoms with Gasteiger partial charge >= 0.3 is 0 Å². The van der Waals surface area contributed by atoms with E-state index < -0.39 is 6.10 Å². The highest BCUT2D eigenvalue weighted by Crippen LogP contribution is 2.00. The first kappa shape index (κ1) is 7.50. The molecule has 2 N–H and O–H groups in total. The number of morpholine rings is 1. The van der Waals surface area contributed by atoms with Gasteiger partial charge in [0.15, 0.2) is 0 Å². The lowest BCUT2D eigenvalue weighted by Crippen LogP contribution is -2.46. The number of nitrogens with two attached hydrogens (primary N) is 1. The maximum Gasteiger partial charge on any atom is 0.247 e. The van der Waals surface area contributed by atoms with E-state index in [1.165, 1.54) is 0 Å². The van der Waals surface area contributed by atoms with Gasteiger partial charge in [0.2, 0.25) is 5.91 Å². The fourth-order valence-electron chi connectivity index (χ4n) is 0.950. The summed E-state index contributed by atoms with van der Waals surface area (Å²) in [7, 11) is 1.94. The summed E-state index contributed by atoms with van der Waals surface area (Å²) >= 11 is 0. The topological polar surface area (TPSA) is 55.6 Å². The first-order valence-electron chi connectivity index (χ1n) is 3.29. The van der Waals surface area contributed by atoms with Crippen LogP contribution in [0, 0.1) is 0 Å². The number of amides is 1. The smallest absolute Gasteiger partial charge is 0.247 e. The van der Waals surface area contributed by atoms with Crippen molar-refractivity contribution in [2.24, 2.45) is 5.73 Å². The fourth-order valence-corrected chi connectivity index (χ4v) is 0.950. The highest BCUT2D eigenvalue weighted by molar-refractivity contribution is 5.79. The van der Waals surface area contributed by atoms with Gasteiger partial charge in [0, 0.05) is 13.1 Å². The third-order valence-electron chi connectivity index (χ3n) is 1.59. The number of nitrogens with zero attached hydrogens (tertiary/aromatic N) is 1. The summed E-state index contributed by atoms with van der Waals surface area (Å²) in [6.07, 6.45) is -0.404. The average molecular weight is 144 g/mol. The Kier molecular flexibility index (Phi) is 2.24. The third kappa shape index (κ3) is 1.68. The van der Waals surface area contributed by atoms with E-state index in [0.29, 0.717) is 13.2 Å². The first-order valence-corrected chi connectivity index (χ1v) is 3.29. The molecule has 58 valence electrons. The number of primary amides is 1. The van der Waals surface area contributed by atoms with Gasteiger partial charge < -0.3 is 15.4 Å². The van der Waals surface area contributed by atoms with Crippen LogP contribution in [0.15, 0.2) is 0 Å². The van der Waals surface area contributed by atoms with Gasteiger partial charge in [-0.1, -0.05) is 0 Å². The number of hydrogen-bond donors (Lipinski definition) is 1. The zero-order valence-corrected chi connectivity index (χ0v) is 6.04. The second-order valence-corrected chi connectivity index (χ2v) is 2.52. The van der Waals surface area contributed by atoms with E-state index in [-0.39, 0.29) is 5.91 Å². The van der Waals surface area contributed by atoms with Gasteiger partial charge in [0.05, 0.1) is 6.61 Å². The van der Waals surface area contributed by atoms with Crippen LogP contribution in [-0.2, 0) is 9.53 Å². The number of rotatable bonds is 1. The second-order valence-electron chi connectivity index (χ2n) is 2.52. The van der Waals surface area contributed by atoms with E-state index in [1.807, 2.05) is 11.9 Å². The minimum atomic E-state index is -0.404. The molecule has 1 atom stereocenters. The molecule has 4 heteroatoms. The van der Waals surface area contributed by atoms with E-state index >= 15 is 0 Å². The zero-order valence-electron chi connectivity index (χ0n) is 6.04. The molecule has 0 spiro atoms. The molecule has 0 aliphatic carbocycles. The molecule has 1 aliphatic rings. The molecule has 10 heavy (non-hydrogen) atoms. The van der Waals surface area contributed by atoms with Crippen LogP contribution in [0.5, 0.6) is 0 Å². The molecule has 0 bridgehead atoms. The zero-order chi connectivity index (χ0) is 7.56. The molecule has 0 aromatic carbocycles. The van der Waals surface area contributed by atoms with E-state index in [4.69, 9.17) is 10.5 Å². The quantitative estimate of drug-likeness (QED) is 0.503. The molecule has 1 saturated heterocycles. The summed E-state index contributed by atoms with van der Waals surface area (Å²) in [5.74, 6) is -0.369. The Hall–Kier alpha value is -0.610. The van der Waals surface area contributed by atoms with Crippen LogP contribution >= 0.6 is 0 Å². The van der Waals surface area contributed by atoms with Gasteiger partial charge in [0.25, 0.3) is 0 Å². The SMILES string of the molecule is CN1CCO[C@@H](C(N)=O)C1. The van der Waals surface area contributed by atoms with Crippen molar-refractivity contribution in [2.45, 2.75) is 6.10 Å². The standard InChI is InChI=1S/C6H12N2O2/c1-8-2-3-10-5(4-8)6(7)9/h5H,2-4H2,1H3,(H2,7,9)/t5-/m1/s1. The molecule has 0 aromatic rings. The summed E-state index contributed by atoms with van der Waals surface area (Å²) in [5.41, 5.74) is 5.04. The molecule has 1 rings (SSSR count). The average Bonchev–Trinajstić information content (AvgIpc) is 1.88. The molecular weight excluding hydrogens is 132 g/mol. The van der Waals surface area contributed by atoms with Crippen LogP contribution in [0.3, 0.4) is 0 Å². The third-order valence-corrected chi connectivity index (χ3v) is 1.59. The number of carbonyl (C=O) groups is 1. The highest BCUT2D eigenvalue weighted by Gasteiger charge is 2.21. The van der Waals surface area contributed by atoms with Crippen LogP contribution in [0.25, 0.3) is 0 Å². The number of carbonyl (C=O) groups excluding carboxylic acids is 1. The minimum absolute atomic E-state index is 0.369. The molecule has 4 nitrogen and oxygen atoms in total. The number of hydrogen-bond acceptors (Lipinski definition) is 3. The van der Waals surface area contributed by atoms with Crippen molar-refractivity contribution in [3.05, 3.63) is 0 Å². The van der Waals surface area contributed by atoms with Crippen molar-refractivity contribution in [3.8, 4) is 0 Å². The molecule has 1 fully saturated rings. The van der Waals surface area contributed by atoms with Crippen LogP contribution in [-0.4, -0.2) is 43.7 Å². The van der Waals surface area contributed by atoms with Crippen molar-refractivity contribution in [1.29, 1.82) is 0 Å². The Morgan fingerprint density at radius 3 is 2.90 bits per heavy atom. The van der Waals surface area contributed by atoms with Crippen molar-refractivity contribution in [1.82, 2.24) is 4.90 Å². The molecule has 0 saturated carbocycles. The molecule has 1 aliphatic heterocycles. The lowest BCUT2D eigenvalue weighted by atomic mass is 10.3. The monoisotopic (exact) mass is 144 g/mol. The fraction of sp³-hybridized carbons (Fsp3) is 0.833. The van der Waals surface area contributed by atoms with Gasteiger partial charge in [0.1, 0.15) is 6.10 Å². The molecule has 0 radical (unpaired) electrons. The lowest BCUT2D eigenvalue weighted by Gasteiger charge is -2.27.